The van der Waals surface area contributed by atoms with Crippen LogP contribution in [0.4, 0.5) is 0 Å². The van der Waals surface area contributed by atoms with E-state index in [2.05, 4.69) is 71.1 Å². The summed E-state index contributed by atoms with van der Waals surface area (Å²) in [6.45, 7) is 9.74. The molecule has 0 atom stereocenters. The molecule has 0 saturated heterocycles. The van der Waals surface area contributed by atoms with Crippen molar-refractivity contribution in [3.05, 3.63) is 54.5 Å². The Morgan fingerprint density at radius 3 is 2.41 bits per heavy atom. The molecule has 0 amide bonds. The summed E-state index contributed by atoms with van der Waals surface area (Å²) in [6.07, 6.45) is 5.78. The lowest BCUT2D eigenvalue weighted by molar-refractivity contribution is 0.494. The van der Waals surface area contributed by atoms with Crippen LogP contribution in [0.3, 0.4) is 0 Å². The third kappa shape index (κ3) is 4.86. The van der Waals surface area contributed by atoms with Crippen LogP contribution in [-0.2, 0) is 22.2 Å². The van der Waals surface area contributed by atoms with Crippen LogP contribution >= 0.6 is 0 Å². The minimum Gasteiger partial charge on any atom is -0.347 e. The maximum Gasteiger partial charge on any atom is 0.276 e. The molecular formula is C22H30N4O2S. The smallest absolute Gasteiger partial charge is 0.276 e. The molecule has 0 fully saturated rings. The molecule has 0 spiro atoms. The van der Waals surface area contributed by atoms with E-state index in [-0.39, 0.29) is 5.41 Å². The van der Waals surface area contributed by atoms with Crippen LogP contribution in [0.25, 0.3) is 22.0 Å². The van der Waals surface area contributed by atoms with Crippen LogP contribution in [0.1, 0.15) is 33.3 Å². The van der Waals surface area contributed by atoms with Crippen molar-refractivity contribution in [3.63, 3.8) is 0 Å². The van der Waals surface area contributed by atoms with Crippen molar-refractivity contribution in [1.29, 1.82) is 0 Å². The van der Waals surface area contributed by atoms with Gasteiger partial charge in [-0.25, -0.2) is 9.44 Å². The van der Waals surface area contributed by atoms with Gasteiger partial charge in [-0.1, -0.05) is 39.8 Å². The summed E-state index contributed by atoms with van der Waals surface area (Å²) >= 11 is 0. The monoisotopic (exact) mass is 414 g/mol. The number of nitrogens with one attached hydrogen (secondary N) is 2. The fraction of sp³-hybridized carbons (Fsp3) is 0.409. The number of nitrogens with zero attached hydrogens (tertiary/aromatic N) is 2. The molecule has 29 heavy (non-hydrogen) atoms. The fourth-order valence-corrected chi connectivity index (χ4v) is 4.24. The Morgan fingerprint density at radius 2 is 1.79 bits per heavy atom. The van der Waals surface area contributed by atoms with Gasteiger partial charge in [0.1, 0.15) is 0 Å². The topological polar surface area (TPSA) is 76.0 Å². The highest BCUT2D eigenvalue weighted by molar-refractivity contribution is 7.87. The maximum atomic E-state index is 11.9. The number of fused-ring (bicyclic) bond motifs is 1. The van der Waals surface area contributed by atoms with Gasteiger partial charge in [0.05, 0.1) is 0 Å². The van der Waals surface area contributed by atoms with Crippen molar-refractivity contribution in [1.82, 2.24) is 19.0 Å². The molecule has 156 valence electrons. The summed E-state index contributed by atoms with van der Waals surface area (Å²) in [4.78, 5) is 4.11. The highest BCUT2D eigenvalue weighted by Crippen LogP contribution is 2.34. The van der Waals surface area contributed by atoms with E-state index in [1.165, 1.54) is 7.05 Å². The molecule has 0 radical (unpaired) electrons. The summed E-state index contributed by atoms with van der Waals surface area (Å²) < 4.78 is 31.0. The molecule has 0 aliphatic carbocycles. The number of hydrogen-bond acceptors (Lipinski definition) is 3. The number of rotatable bonds is 8. The van der Waals surface area contributed by atoms with E-state index < -0.39 is 10.2 Å². The lowest BCUT2D eigenvalue weighted by Crippen LogP contribution is -2.41. The number of pyridine rings is 1. The summed E-state index contributed by atoms with van der Waals surface area (Å²) in [6, 6.07) is 10.5. The highest BCUT2D eigenvalue weighted by atomic mass is 32.2. The Kier molecular flexibility index (Phi) is 6.12. The zero-order chi connectivity index (χ0) is 21.2. The lowest BCUT2D eigenvalue weighted by Gasteiger charge is -2.24. The van der Waals surface area contributed by atoms with Crippen molar-refractivity contribution in [3.8, 4) is 11.1 Å². The van der Waals surface area contributed by atoms with Gasteiger partial charge in [-0.3, -0.25) is 4.98 Å². The molecule has 0 aliphatic rings. The van der Waals surface area contributed by atoms with Gasteiger partial charge >= 0.3 is 0 Å². The van der Waals surface area contributed by atoms with Crippen molar-refractivity contribution < 1.29 is 8.42 Å². The van der Waals surface area contributed by atoms with E-state index in [0.717, 1.165) is 34.1 Å². The van der Waals surface area contributed by atoms with Gasteiger partial charge in [0.15, 0.2) is 0 Å². The highest BCUT2D eigenvalue weighted by Gasteiger charge is 2.27. The second-order valence-electron chi connectivity index (χ2n) is 8.47. The van der Waals surface area contributed by atoms with Gasteiger partial charge in [-0.05, 0) is 40.8 Å². The number of aromatic nitrogens is 2. The van der Waals surface area contributed by atoms with Crippen molar-refractivity contribution in [2.24, 2.45) is 5.92 Å². The Hall–Kier alpha value is -2.22. The first-order valence-electron chi connectivity index (χ1n) is 9.85. The molecule has 0 aliphatic heterocycles. The van der Waals surface area contributed by atoms with Crippen LogP contribution in [0.2, 0.25) is 0 Å². The second-order valence-corrected chi connectivity index (χ2v) is 10.2. The van der Waals surface area contributed by atoms with E-state index in [1.807, 2.05) is 12.1 Å². The van der Waals surface area contributed by atoms with Gasteiger partial charge in [0.25, 0.3) is 10.2 Å². The first-order chi connectivity index (χ1) is 13.6. The molecule has 3 rings (SSSR count). The lowest BCUT2D eigenvalue weighted by atomic mass is 9.84. The first kappa shape index (κ1) is 21.5. The normalized spacial score (nSPS) is 12.8. The van der Waals surface area contributed by atoms with E-state index in [1.54, 1.807) is 12.4 Å². The molecule has 0 saturated carbocycles. The molecule has 0 bridgehead atoms. The third-order valence-electron chi connectivity index (χ3n) is 5.16. The van der Waals surface area contributed by atoms with Crippen LogP contribution in [0.15, 0.2) is 48.9 Å². The molecule has 3 aromatic rings. The Bertz CT molecular complexity index is 1090. The minimum atomic E-state index is -3.48. The Morgan fingerprint density at radius 1 is 1.10 bits per heavy atom. The third-order valence-corrected chi connectivity index (χ3v) is 6.22. The van der Waals surface area contributed by atoms with Gasteiger partial charge in [0.2, 0.25) is 0 Å². The van der Waals surface area contributed by atoms with Gasteiger partial charge in [-0.15, -0.1) is 0 Å². The van der Waals surface area contributed by atoms with Crippen LogP contribution < -0.4 is 9.44 Å². The Balaban J connectivity index is 2.08. The van der Waals surface area contributed by atoms with E-state index in [0.29, 0.717) is 12.5 Å². The molecular weight excluding hydrogens is 384 g/mol. The summed E-state index contributed by atoms with van der Waals surface area (Å²) in [5, 5.41) is 1.15. The average molecular weight is 415 g/mol. The molecule has 6 nitrogen and oxygen atoms in total. The molecule has 2 aromatic heterocycles. The molecule has 2 N–H and O–H groups in total. The average Bonchev–Trinajstić information content (AvgIpc) is 3.05. The second kappa shape index (κ2) is 8.26. The van der Waals surface area contributed by atoms with E-state index >= 15 is 0 Å². The summed E-state index contributed by atoms with van der Waals surface area (Å²) in [5.41, 5.74) is 4.19. The van der Waals surface area contributed by atoms with Gasteiger partial charge in [0, 0.05) is 55.0 Å². The SMILES string of the molecule is CNS(=O)(=O)NCC(C)(C)c1cn(CC(C)C)c2cc(-c3ccncc3)ccc12. The molecule has 2 heterocycles. The summed E-state index contributed by atoms with van der Waals surface area (Å²) in [7, 11) is -2.07. The predicted molar refractivity (Wildman–Crippen MR) is 119 cm³/mol. The van der Waals surface area contributed by atoms with Crippen LogP contribution in [0, 0.1) is 5.92 Å². The quantitative estimate of drug-likeness (QED) is 0.590. The standard InChI is InChI=1S/C22H30N4O2S/c1-16(2)13-26-14-20(22(3,4)15-25-29(27,28)23-5)19-7-6-18(12-21(19)26)17-8-10-24-11-9-17/h6-12,14,16,23,25H,13,15H2,1-5H3. The van der Waals surface area contributed by atoms with Crippen molar-refractivity contribution >= 4 is 21.1 Å². The van der Waals surface area contributed by atoms with Crippen LogP contribution in [0.5, 0.6) is 0 Å². The van der Waals surface area contributed by atoms with Gasteiger partial charge < -0.3 is 4.57 Å². The first-order valence-corrected chi connectivity index (χ1v) is 11.3. The number of benzene rings is 1. The van der Waals surface area contributed by atoms with Crippen molar-refractivity contribution in [2.45, 2.75) is 39.7 Å². The largest absolute Gasteiger partial charge is 0.347 e. The fourth-order valence-electron chi connectivity index (χ4n) is 3.54. The van der Waals surface area contributed by atoms with Crippen molar-refractivity contribution in [2.75, 3.05) is 13.6 Å². The molecule has 1 aromatic carbocycles. The summed E-state index contributed by atoms with van der Waals surface area (Å²) in [5.74, 6) is 0.494. The Labute approximate surface area is 173 Å². The van der Waals surface area contributed by atoms with Crippen LogP contribution in [-0.4, -0.2) is 31.6 Å². The zero-order valence-corrected chi connectivity index (χ0v) is 18.5. The number of hydrogen-bond donors (Lipinski definition) is 2. The van der Waals surface area contributed by atoms with E-state index in [9.17, 15) is 8.42 Å². The molecule has 7 heteroatoms. The van der Waals surface area contributed by atoms with Gasteiger partial charge in [-0.2, -0.15) is 8.42 Å². The maximum absolute atomic E-state index is 11.9. The zero-order valence-electron chi connectivity index (χ0n) is 17.7. The predicted octanol–water partition coefficient (Wildman–Crippen LogP) is 3.69. The minimum absolute atomic E-state index is 0.309. The van der Waals surface area contributed by atoms with E-state index in [4.69, 9.17) is 0 Å². The molecule has 0 unspecified atom stereocenters.